The van der Waals surface area contributed by atoms with Gasteiger partial charge in [0, 0.05) is 10.6 Å². The van der Waals surface area contributed by atoms with E-state index in [-0.39, 0.29) is 14.9 Å². The number of aryl methyl sites for hydroxylation is 2. The Kier molecular flexibility index (Phi) is 5.55. The molecule has 0 unspecified atom stereocenters. The van der Waals surface area contributed by atoms with Crippen LogP contribution in [0.25, 0.3) is 0 Å². The zero-order valence-corrected chi connectivity index (χ0v) is 15.6. The highest BCUT2D eigenvalue weighted by Gasteiger charge is 2.24. The van der Waals surface area contributed by atoms with Crippen molar-refractivity contribution in [2.24, 2.45) is 0 Å². The van der Waals surface area contributed by atoms with Gasteiger partial charge in [-0.1, -0.05) is 40.9 Å². The van der Waals surface area contributed by atoms with Gasteiger partial charge in [0.1, 0.15) is 4.90 Å². The first-order valence-corrected chi connectivity index (χ1v) is 9.21. The van der Waals surface area contributed by atoms with Crippen LogP contribution in [0.15, 0.2) is 35.2 Å². The summed E-state index contributed by atoms with van der Waals surface area (Å²) in [5, 5.41) is 0.344. The molecule has 0 saturated carbocycles. The lowest BCUT2D eigenvalue weighted by Crippen LogP contribution is -2.41. The molecule has 128 valence electrons. The number of hydrazine groups is 1. The van der Waals surface area contributed by atoms with Gasteiger partial charge in [-0.05, 0) is 50.1 Å². The number of nitrogens with one attached hydrogen (secondary N) is 2. The first-order valence-electron chi connectivity index (χ1n) is 6.97. The van der Waals surface area contributed by atoms with Crippen molar-refractivity contribution in [1.29, 1.82) is 0 Å². The maximum Gasteiger partial charge on any atom is 0.266 e. The topological polar surface area (TPSA) is 75.3 Å². The van der Waals surface area contributed by atoms with Crippen LogP contribution in [0.5, 0.6) is 0 Å². The van der Waals surface area contributed by atoms with Gasteiger partial charge in [-0.2, -0.15) is 0 Å². The van der Waals surface area contributed by atoms with Crippen LogP contribution in [0.4, 0.5) is 0 Å². The highest BCUT2D eigenvalue weighted by molar-refractivity contribution is 7.89. The molecule has 0 saturated heterocycles. The lowest BCUT2D eigenvalue weighted by atomic mass is 10.1. The Morgan fingerprint density at radius 2 is 1.62 bits per heavy atom. The molecule has 0 bridgehead atoms. The molecule has 2 rings (SSSR count). The van der Waals surface area contributed by atoms with Crippen LogP contribution in [0, 0.1) is 20.8 Å². The Morgan fingerprint density at radius 3 is 2.21 bits per heavy atom. The molecule has 2 aromatic carbocycles. The molecule has 0 radical (unpaired) electrons. The standard InChI is InChI=1S/C16H16Cl2N2O3S/c1-9-4-6-12(7-5-9)16(21)19-20-24(22,23)15-11(3)13(17)8-10(2)14(15)18/h4-8,20H,1-3H3,(H,19,21). The minimum atomic E-state index is -4.08. The van der Waals surface area contributed by atoms with E-state index in [9.17, 15) is 13.2 Å². The summed E-state index contributed by atoms with van der Waals surface area (Å²) in [6, 6.07) is 8.29. The summed E-state index contributed by atoms with van der Waals surface area (Å²) in [5.41, 5.74) is 4.32. The third-order valence-electron chi connectivity index (χ3n) is 3.47. The van der Waals surface area contributed by atoms with Crippen LogP contribution in [-0.4, -0.2) is 14.3 Å². The molecule has 0 aliphatic heterocycles. The number of benzene rings is 2. The molecule has 2 N–H and O–H groups in total. The molecular weight excluding hydrogens is 371 g/mol. The Labute approximate surface area is 151 Å². The molecule has 1 amide bonds. The first kappa shape index (κ1) is 18.7. The van der Waals surface area contributed by atoms with Gasteiger partial charge in [0.2, 0.25) is 0 Å². The van der Waals surface area contributed by atoms with Crippen LogP contribution in [-0.2, 0) is 10.0 Å². The van der Waals surface area contributed by atoms with Gasteiger partial charge in [-0.15, -0.1) is 4.83 Å². The molecule has 8 heteroatoms. The van der Waals surface area contributed by atoms with Crippen molar-refractivity contribution in [2.45, 2.75) is 25.7 Å². The molecule has 0 aliphatic carbocycles. The first-order chi connectivity index (χ1) is 11.1. The lowest BCUT2D eigenvalue weighted by Gasteiger charge is -2.14. The van der Waals surface area contributed by atoms with Crippen molar-refractivity contribution < 1.29 is 13.2 Å². The summed E-state index contributed by atoms with van der Waals surface area (Å²) in [6.07, 6.45) is 0. The van der Waals surface area contributed by atoms with Gasteiger partial charge in [0.05, 0.1) is 5.02 Å². The Bertz CT molecular complexity index is 868. The summed E-state index contributed by atoms with van der Waals surface area (Å²) >= 11 is 12.1. The van der Waals surface area contributed by atoms with E-state index in [0.29, 0.717) is 16.7 Å². The average Bonchev–Trinajstić information content (AvgIpc) is 2.51. The number of rotatable bonds is 4. The van der Waals surface area contributed by atoms with E-state index in [2.05, 4.69) is 10.3 Å². The predicted molar refractivity (Wildman–Crippen MR) is 94.9 cm³/mol. The van der Waals surface area contributed by atoms with Crippen molar-refractivity contribution in [3.63, 3.8) is 0 Å². The summed E-state index contributed by atoms with van der Waals surface area (Å²) in [7, 11) is -4.08. The van der Waals surface area contributed by atoms with Crippen molar-refractivity contribution in [3.8, 4) is 0 Å². The van der Waals surface area contributed by atoms with E-state index < -0.39 is 15.9 Å². The smallest absolute Gasteiger partial charge is 0.266 e. The fourth-order valence-corrected chi connectivity index (χ4v) is 4.13. The highest BCUT2D eigenvalue weighted by atomic mass is 35.5. The van der Waals surface area contributed by atoms with E-state index in [4.69, 9.17) is 23.2 Å². The molecule has 0 aliphatic rings. The van der Waals surface area contributed by atoms with Crippen molar-refractivity contribution in [1.82, 2.24) is 10.3 Å². The minimum Gasteiger partial charge on any atom is -0.273 e. The number of carbonyl (C=O) groups excluding carboxylic acids is 1. The van der Waals surface area contributed by atoms with Crippen LogP contribution in [0.3, 0.4) is 0 Å². The third-order valence-corrected chi connectivity index (χ3v) is 5.88. The second kappa shape index (κ2) is 7.11. The molecule has 0 spiro atoms. The van der Waals surface area contributed by atoms with Gasteiger partial charge in [-0.3, -0.25) is 10.2 Å². The number of sulfonamides is 1. The van der Waals surface area contributed by atoms with E-state index in [1.165, 1.54) is 0 Å². The van der Waals surface area contributed by atoms with Gasteiger partial charge < -0.3 is 0 Å². The number of hydrogen-bond acceptors (Lipinski definition) is 3. The number of hydrogen-bond donors (Lipinski definition) is 2. The fraction of sp³-hybridized carbons (Fsp3) is 0.188. The Morgan fingerprint density at radius 1 is 1.04 bits per heavy atom. The maximum atomic E-state index is 12.5. The lowest BCUT2D eigenvalue weighted by molar-refractivity contribution is 0.0945. The highest BCUT2D eigenvalue weighted by Crippen LogP contribution is 2.33. The van der Waals surface area contributed by atoms with E-state index in [1.54, 1.807) is 44.2 Å². The third kappa shape index (κ3) is 3.89. The molecule has 0 atom stereocenters. The zero-order chi connectivity index (χ0) is 18.1. The minimum absolute atomic E-state index is 0.0639. The van der Waals surface area contributed by atoms with Crippen LogP contribution < -0.4 is 10.3 Å². The number of amides is 1. The Balaban J connectivity index is 2.27. The monoisotopic (exact) mass is 386 g/mol. The second-order valence-corrected chi connectivity index (χ2v) is 7.77. The Hall–Kier alpha value is -1.60. The molecule has 24 heavy (non-hydrogen) atoms. The second-order valence-electron chi connectivity index (χ2n) is 5.37. The van der Waals surface area contributed by atoms with E-state index in [1.807, 2.05) is 6.92 Å². The molecule has 0 aromatic heterocycles. The average molecular weight is 387 g/mol. The summed E-state index contributed by atoms with van der Waals surface area (Å²) < 4.78 is 25.0. The van der Waals surface area contributed by atoms with Crippen molar-refractivity contribution in [2.75, 3.05) is 0 Å². The van der Waals surface area contributed by atoms with Crippen LogP contribution in [0.1, 0.15) is 27.0 Å². The predicted octanol–water partition coefficient (Wildman–Crippen LogP) is 3.54. The molecular formula is C16H16Cl2N2O3S. The largest absolute Gasteiger partial charge is 0.273 e. The van der Waals surface area contributed by atoms with Gasteiger partial charge in [-0.25, -0.2) is 8.42 Å². The number of carbonyl (C=O) groups is 1. The van der Waals surface area contributed by atoms with E-state index in [0.717, 1.165) is 5.56 Å². The van der Waals surface area contributed by atoms with Gasteiger partial charge >= 0.3 is 0 Å². The number of halogens is 2. The zero-order valence-electron chi connectivity index (χ0n) is 13.3. The fourth-order valence-electron chi connectivity index (χ4n) is 2.08. The van der Waals surface area contributed by atoms with Crippen molar-refractivity contribution >= 4 is 39.1 Å². The van der Waals surface area contributed by atoms with E-state index >= 15 is 0 Å². The summed E-state index contributed by atoms with van der Waals surface area (Å²) in [5.74, 6) is -0.578. The SMILES string of the molecule is Cc1ccc(C(=O)NNS(=O)(=O)c2c(C)c(Cl)cc(C)c2Cl)cc1. The molecule has 5 nitrogen and oxygen atoms in total. The van der Waals surface area contributed by atoms with Crippen LogP contribution >= 0.6 is 23.2 Å². The molecule has 0 heterocycles. The summed E-state index contributed by atoms with van der Waals surface area (Å²) in [4.78, 5) is 13.9. The summed E-state index contributed by atoms with van der Waals surface area (Å²) in [6.45, 7) is 5.08. The maximum absolute atomic E-state index is 12.5. The van der Waals surface area contributed by atoms with Crippen molar-refractivity contribution in [3.05, 3.63) is 62.6 Å². The van der Waals surface area contributed by atoms with Crippen LogP contribution in [0.2, 0.25) is 10.0 Å². The normalized spacial score (nSPS) is 11.4. The van der Waals surface area contributed by atoms with Gasteiger partial charge in [0.15, 0.2) is 0 Å². The molecule has 2 aromatic rings. The quantitative estimate of drug-likeness (QED) is 0.788. The van der Waals surface area contributed by atoms with Gasteiger partial charge in [0.25, 0.3) is 15.9 Å². The molecule has 0 fully saturated rings.